The van der Waals surface area contributed by atoms with Crippen molar-refractivity contribution in [1.29, 1.82) is 0 Å². The van der Waals surface area contributed by atoms with Crippen LogP contribution in [0, 0.1) is 11.8 Å². The lowest BCUT2D eigenvalue weighted by Gasteiger charge is -2.24. The van der Waals surface area contributed by atoms with Crippen molar-refractivity contribution in [3.8, 4) is 0 Å². The first-order valence-electron chi connectivity index (χ1n) is 6.14. The molecule has 5 nitrogen and oxygen atoms in total. The molecule has 1 saturated heterocycles. The SMILES string of the molecule is CC(C=O)NC(=O)[C@@H]1[C@H]2CCC[C@H]2CN1C=O. The molecule has 0 bridgehead atoms. The lowest BCUT2D eigenvalue weighted by molar-refractivity contribution is -0.133. The molecule has 1 N–H and O–H groups in total. The molecule has 1 saturated carbocycles. The van der Waals surface area contributed by atoms with Gasteiger partial charge in [0.25, 0.3) is 0 Å². The molecular weight excluding hydrogens is 220 g/mol. The van der Waals surface area contributed by atoms with Crippen LogP contribution in [0.4, 0.5) is 0 Å². The van der Waals surface area contributed by atoms with Gasteiger partial charge in [-0.3, -0.25) is 9.59 Å². The van der Waals surface area contributed by atoms with Gasteiger partial charge in [-0.2, -0.15) is 0 Å². The molecule has 2 amide bonds. The van der Waals surface area contributed by atoms with Gasteiger partial charge in [0.2, 0.25) is 12.3 Å². The van der Waals surface area contributed by atoms with Crippen LogP contribution in [0.1, 0.15) is 26.2 Å². The Bertz CT molecular complexity index is 332. The summed E-state index contributed by atoms with van der Waals surface area (Å²) in [5.41, 5.74) is 0. The maximum absolute atomic E-state index is 12.1. The summed E-state index contributed by atoms with van der Waals surface area (Å²) in [7, 11) is 0. The van der Waals surface area contributed by atoms with Crippen LogP contribution in [0.2, 0.25) is 0 Å². The maximum Gasteiger partial charge on any atom is 0.243 e. The highest BCUT2D eigenvalue weighted by Crippen LogP contribution is 2.41. The van der Waals surface area contributed by atoms with Gasteiger partial charge in [0.05, 0.1) is 6.04 Å². The molecule has 0 radical (unpaired) electrons. The number of aldehydes is 1. The highest BCUT2D eigenvalue weighted by Gasteiger charge is 2.47. The van der Waals surface area contributed by atoms with Crippen molar-refractivity contribution in [3.63, 3.8) is 0 Å². The van der Waals surface area contributed by atoms with E-state index in [-0.39, 0.29) is 17.9 Å². The van der Waals surface area contributed by atoms with E-state index in [2.05, 4.69) is 5.32 Å². The van der Waals surface area contributed by atoms with Crippen LogP contribution >= 0.6 is 0 Å². The van der Waals surface area contributed by atoms with E-state index in [1.54, 1.807) is 11.8 Å². The fourth-order valence-electron chi connectivity index (χ4n) is 3.14. The Labute approximate surface area is 101 Å². The number of nitrogens with zero attached hydrogens (tertiary/aromatic N) is 1. The Morgan fingerprint density at radius 3 is 2.82 bits per heavy atom. The van der Waals surface area contributed by atoms with Crippen molar-refractivity contribution in [3.05, 3.63) is 0 Å². The first-order chi connectivity index (χ1) is 8.17. The second kappa shape index (κ2) is 4.85. The van der Waals surface area contributed by atoms with Gasteiger partial charge in [-0.05, 0) is 31.6 Å². The van der Waals surface area contributed by atoms with E-state index in [0.29, 0.717) is 18.7 Å². The molecule has 1 aliphatic heterocycles. The predicted octanol–water partition coefficient (Wildman–Crippen LogP) is -0.0531. The molecule has 0 aromatic rings. The monoisotopic (exact) mass is 238 g/mol. The number of carbonyl (C=O) groups excluding carboxylic acids is 3. The van der Waals surface area contributed by atoms with E-state index >= 15 is 0 Å². The number of carbonyl (C=O) groups is 3. The Morgan fingerprint density at radius 1 is 1.41 bits per heavy atom. The Morgan fingerprint density at radius 2 is 2.18 bits per heavy atom. The molecule has 0 aromatic carbocycles. The zero-order chi connectivity index (χ0) is 12.4. The number of hydrogen-bond donors (Lipinski definition) is 1. The van der Waals surface area contributed by atoms with Crippen molar-refractivity contribution in [1.82, 2.24) is 10.2 Å². The summed E-state index contributed by atoms with van der Waals surface area (Å²) in [6.45, 7) is 2.32. The average molecular weight is 238 g/mol. The summed E-state index contributed by atoms with van der Waals surface area (Å²) in [4.78, 5) is 35.2. The predicted molar refractivity (Wildman–Crippen MR) is 61.1 cm³/mol. The molecule has 2 aliphatic rings. The van der Waals surface area contributed by atoms with Gasteiger partial charge in [-0.15, -0.1) is 0 Å². The molecule has 4 atom stereocenters. The molecule has 5 heteroatoms. The third-order valence-electron chi connectivity index (χ3n) is 3.90. The highest BCUT2D eigenvalue weighted by molar-refractivity contribution is 5.86. The zero-order valence-corrected chi connectivity index (χ0v) is 9.96. The molecule has 1 aliphatic carbocycles. The largest absolute Gasteiger partial charge is 0.345 e. The summed E-state index contributed by atoms with van der Waals surface area (Å²) in [5.74, 6) is 0.549. The molecule has 17 heavy (non-hydrogen) atoms. The van der Waals surface area contributed by atoms with Gasteiger partial charge in [0.15, 0.2) is 0 Å². The summed E-state index contributed by atoms with van der Waals surface area (Å²) >= 11 is 0. The Balaban J connectivity index is 2.08. The standard InChI is InChI=1S/C12H18N2O3/c1-8(6-15)13-12(17)11-10-4-2-3-9(10)5-14(11)7-16/h6-11H,2-5H2,1H3,(H,13,17)/t8?,9-,10-,11-/m0/s1. The molecule has 2 rings (SSSR count). The van der Waals surface area contributed by atoms with Crippen molar-refractivity contribution in [2.24, 2.45) is 11.8 Å². The van der Waals surface area contributed by atoms with Crippen molar-refractivity contribution >= 4 is 18.6 Å². The highest BCUT2D eigenvalue weighted by atomic mass is 16.2. The number of rotatable bonds is 4. The summed E-state index contributed by atoms with van der Waals surface area (Å²) in [5, 5.41) is 2.64. The van der Waals surface area contributed by atoms with Gasteiger partial charge in [0.1, 0.15) is 12.3 Å². The minimum atomic E-state index is -0.489. The second-order valence-corrected chi connectivity index (χ2v) is 5.04. The summed E-state index contributed by atoms with van der Waals surface area (Å²) in [6, 6.07) is -0.862. The third-order valence-corrected chi connectivity index (χ3v) is 3.90. The molecule has 1 unspecified atom stereocenters. The minimum absolute atomic E-state index is 0.189. The smallest absolute Gasteiger partial charge is 0.243 e. The number of amides is 2. The van der Waals surface area contributed by atoms with E-state index in [1.807, 2.05) is 0 Å². The third kappa shape index (κ3) is 2.18. The number of fused-ring (bicyclic) bond motifs is 1. The van der Waals surface area contributed by atoms with E-state index < -0.39 is 6.04 Å². The average Bonchev–Trinajstić information content (AvgIpc) is 2.87. The summed E-state index contributed by atoms with van der Waals surface area (Å²) < 4.78 is 0. The van der Waals surface area contributed by atoms with Gasteiger partial charge in [-0.25, -0.2) is 0 Å². The van der Waals surface area contributed by atoms with Crippen LogP contribution in [0.3, 0.4) is 0 Å². The molecule has 94 valence electrons. The van der Waals surface area contributed by atoms with Crippen molar-refractivity contribution < 1.29 is 14.4 Å². The summed E-state index contributed by atoms with van der Waals surface area (Å²) in [6.07, 6.45) is 4.69. The lowest BCUT2D eigenvalue weighted by Crippen LogP contribution is -2.48. The number of hydrogen-bond acceptors (Lipinski definition) is 3. The Kier molecular flexibility index (Phi) is 3.45. The number of likely N-dealkylation sites (tertiary alicyclic amines) is 1. The molecule has 0 spiro atoms. The molecule has 1 heterocycles. The van der Waals surface area contributed by atoms with Crippen LogP contribution in [-0.4, -0.2) is 42.1 Å². The zero-order valence-electron chi connectivity index (χ0n) is 9.96. The van der Waals surface area contributed by atoms with Crippen LogP contribution in [0.5, 0.6) is 0 Å². The van der Waals surface area contributed by atoms with Gasteiger partial charge < -0.3 is 15.0 Å². The minimum Gasteiger partial charge on any atom is -0.345 e. The number of nitrogens with one attached hydrogen (secondary N) is 1. The van der Waals surface area contributed by atoms with E-state index in [4.69, 9.17) is 0 Å². The first-order valence-corrected chi connectivity index (χ1v) is 6.14. The molecule has 0 aromatic heterocycles. The van der Waals surface area contributed by atoms with Crippen LogP contribution < -0.4 is 5.32 Å². The fraction of sp³-hybridized carbons (Fsp3) is 0.750. The van der Waals surface area contributed by atoms with Crippen LogP contribution in [0.15, 0.2) is 0 Å². The van der Waals surface area contributed by atoms with Gasteiger partial charge in [0, 0.05) is 6.54 Å². The maximum atomic E-state index is 12.1. The van der Waals surface area contributed by atoms with E-state index in [0.717, 1.165) is 25.7 Å². The van der Waals surface area contributed by atoms with Crippen molar-refractivity contribution in [2.45, 2.75) is 38.3 Å². The fourth-order valence-corrected chi connectivity index (χ4v) is 3.14. The van der Waals surface area contributed by atoms with Gasteiger partial charge in [-0.1, -0.05) is 6.42 Å². The quantitative estimate of drug-likeness (QED) is 0.698. The molecule has 2 fully saturated rings. The van der Waals surface area contributed by atoms with E-state index in [1.165, 1.54) is 0 Å². The second-order valence-electron chi connectivity index (χ2n) is 5.04. The van der Waals surface area contributed by atoms with Crippen LogP contribution in [-0.2, 0) is 14.4 Å². The van der Waals surface area contributed by atoms with Gasteiger partial charge >= 0.3 is 0 Å². The first kappa shape index (κ1) is 12.1. The lowest BCUT2D eigenvalue weighted by atomic mass is 9.93. The van der Waals surface area contributed by atoms with E-state index in [9.17, 15) is 14.4 Å². The topological polar surface area (TPSA) is 66.5 Å². The Hall–Kier alpha value is -1.39. The normalized spacial score (nSPS) is 33.0. The van der Waals surface area contributed by atoms with Crippen molar-refractivity contribution in [2.75, 3.05) is 6.54 Å². The van der Waals surface area contributed by atoms with Crippen LogP contribution in [0.25, 0.3) is 0 Å². The molecular formula is C12H18N2O3.